The van der Waals surface area contributed by atoms with Crippen LogP contribution in [0.2, 0.25) is 0 Å². The number of aromatic nitrogens is 4. The maximum Gasteiger partial charge on any atom is 0.159 e. The molecule has 22 heavy (non-hydrogen) atoms. The van der Waals surface area contributed by atoms with Gasteiger partial charge in [0.25, 0.3) is 0 Å². The quantitative estimate of drug-likeness (QED) is 0.803. The molecule has 1 aromatic carbocycles. The third-order valence-electron chi connectivity index (χ3n) is 3.82. The van der Waals surface area contributed by atoms with Crippen molar-refractivity contribution in [1.82, 2.24) is 19.9 Å². The van der Waals surface area contributed by atoms with E-state index in [0.717, 1.165) is 47.9 Å². The Morgan fingerprint density at radius 3 is 2.50 bits per heavy atom. The van der Waals surface area contributed by atoms with E-state index in [1.807, 2.05) is 48.9 Å². The molecule has 5 heteroatoms. The Balaban J connectivity index is 1.58. The predicted octanol–water partition coefficient (Wildman–Crippen LogP) is 3.39. The third kappa shape index (κ3) is 2.51. The maximum atomic E-state index is 5.64. The summed E-state index contributed by atoms with van der Waals surface area (Å²) in [6, 6.07) is 9.95. The van der Waals surface area contributed by atoms with Crippen LogP contribution >= 0.6 is 0 Å². The number of nitrogens with zero attached hydrogens (tertiary/aromatic N) is 3. The molecule has 1 aliphatic heterocycles. The fourth-order valence-electron chi connectivity index (χ4n) is 2.64. The number of ether oxygens (including phenoxy) is 1. The lowest BCUT2D eigenvalue weighted by molar-refractivity contribution is 0.106. The topological polar surface area (TPSA) is 63.7 Å². The van der Waals surface area contributed by atoms with Crippen LogP contribution in [0.4, 0.5) is 0 Å². The van der Waals surface area contributed by atoms with Gasteiger partial charge in [-0.25, -0.2) is 15.0 Å². The summed E-state index contributed by atoms with van der Waals surface area (Å²) in [4.78, 5) is 16.6. The van der Waals surface area contributed by atoms with Crippen molar-refractivity contribution in [3.63, 3.8) is 0 Å². The summed E-state index contributed by atoms with van der Waals surface area (Å²) in [6.45, 7) is 0.815. The fourth-order valence-corrected chi connectivity index (χ4v) is 2.64. The number of hydrogen-bond donors (Lipinski definition) is 1. The van der Waals surface area contributed by atoms with Gasteiger partial charge < -0.3 is 9.72 Å². The van der Waals surface area contributed by atoms with E-state index in [1.165, 1.54) is 0 Å². The van der Waals surface area contributed by atoms with Gasteiger partial charge in [0.05, 0.1) is 11.9 Å². The smallest absolute Gasteiger partial charge is 0.159 e. The lowest BCUT2D eigenvalue weighted by Gasteiger charge is -2.04. The number of nitrogens with one attached hydrogen (secondary N) is 1. The second-order valence-corrected chi connectivity index (χ2v) is 5.35. The zero-order valence-corrected chi connectivity index (χ0v) is 12.1. The van der Waals surface area contributed by atoms with Crippen LogP contribution < -0.4 is 0 Å². The van der Waals surface area contributed by atoms with Gasteiger partial charge in [0, 0.05) is 30.1 Å². The Bertz CT molecular complexity index is 746. The van der Waals surface area contributed by atoms with Crippen molar-refractivity contribution in [3.8, 4) is 22.6 Å². The first-order chi connectivity index (χ1) is 10.9. The van der Waals surface area contributed by atoms with E-state index >= 15 is 0 Å². The first-order valence-electron chi connectivity index (χ1n) is 7.44. The lowest BCUT2D eigenvalue weighted by Crippen LogP contribution is -1.98. The van der Waals surface area contributed by atoms with Crippen LogP contribution in [-0.4, -0.2) is 26.5 Å². The second kappa shape index (κ2) is 5.69. The second-order valence-electron chi connectivity index (χ2n) is 5.35. The number of imidazole rings is 1. The monoisotopic (exact) mass is 292 g/mol. The van der Waals surface area contributed by atoms with Crippen LogP contribution in [0, 0.1) is 0 Å². The molecule has 1 saturated heterocycles. The van der Waals surface area contributed by atoms with Crippen molar-refractivity contribution in [3.05, 3.63) is 54.7 Å². The summed E-state index contributed by atoms with van der Waals surface area (Å²) < 4.78 is 5.64. The molecule has 1 unspecified atom stereocenters. The molecule has 0 saturated carbocycles. The number of H-pyrrole nitrogens is 1. The summed E-state index contributed by atoms with van der Waals surface area (Å²) in [6.07, 6.45) is 7.67. The van der Waals surface area contributed by atoms with Crippen LogP contribution in [0.3, 0.4) is 0 Å². The molecule has 0 aliphatic carbocycles. The van der Waals surface area contributed by atoms with E-state index in [1.54, 1.807) is 0 Å². The standard InChI is InChI=1S/C17H16N4O/c1-2-5-12(6-3-1)16-18-9-13(10-19-16)14-11-20-17(21-14)15-7-4-8-22-15/h1-3,5-6,9-11,15H,4,7-8H2,(H,20,21). The lowest BCUT2D eigenvalue weighted by atomic mass is 10.2. The molecule has 0 bridgehead atoms. The summed E-state index contributed by atoms with van der Waals surface area (Å²) in [7, 11) is 0. The van der Waals surface area contributed by atoms with Crippen LogP contribution in [0.15, 0.2) is 48.9 Å². The van der Waals surface area contributed by atoms with Gasteiger partial charge >= 0.3 is 0 Å². The Morgan fingerprint density at radius 1 is 0.955 bits per heavy atom. The van der Waals surface area contributed by atoms with Gasteiger partial charge in [-0.2, -0.15) is 0 Å². The molecule has 3 heterocycles. The van der Waals surface area contributed by atoms with Crippen LogP contribution in [-0.2, 0) is 4.74 Å². The zero-order valence-electron chi connectivity index (χ0n) is 12.1. The van der Waals surface area contributed by atoms with Gasteiger partial charge in [-0.3, -0.25) is 0 Å². The Hall–Kier alpha value is -2.53. The van der Waals surface area contributed by atoms with E-state index in [2.05, 4.69) is 19.9 Å². The molecule has 0 spiro atoms. The van der Waals surface area contributed by atoms with Gasteiger partial charge in [0.1, 0.15) is 11.9 Å². The Morgan fingerprint density at radius 2 is 1.77 bits per heavy atom. The van der Waals surface area contributed by atoms with E-state index in [9.17, 15) is 0 Å². The number of benzene rings is 1. The summed E-state index contributed by atoms with van der Waals surface area (Å²) in [5.41, 5.74) is 2.86. The predicted molar refractivity (Wildman–Crippen MR) is 83.0 cm³/mol. The number of rotatable bonds is 3. The van der Waals surface area contributed by atoms with Crippen molar-refractivity contribution >= 4 is 0 Å². The van der Waals surface area contributed by atoms with E-state index < -0.39 is 0 Å². The van der Waals surface area contributed by atoms with Gasteiger partial charge in [-0.1, -0.05) is 30.3 Å². The minimum Gasteiger partial charge on any atom is -0.370 e. The van der Waals surface area contributed by atoms with Gasteiger partial charge in [-0.15, -0.1) is 0 Å². The summed E-state index contributed by atoms with van der Waals surface area (Å²) >= 11 is 0. The summed E-state index contributed by atoms with van der Waals surface area (Å²) in [5.74, 6) is 1.61. The largest absolute Gasteiger partial charge is 0.370 e. The Labute approximate surface area is 128 Å². The van der Waals surface area contributed by atoms with Gasteiger partial charge in [0.15, 0.2) is 5.82 Å². The highest BCUT2D eigenvalue weighted by Gasteiger charge is 2.20. The van der Waals surface area contributed by atoms with E-state index in [0.29, 0.717) is 0 Å². The van der Waals surface area contributed by atoms with Crippen molar-refractivity contribution in [2.75, 3.05) is 6.61 Å². The average Bonchev–Trinajstić information content (AvgIpc) is 3.27. The third-order valence-corrected chi connectivity index (χ3v) is 3.82. The molecular formula is C17H16N4O. The van der Waals surface area contributed by atoms with Crippen LogP contribution in [0.1, 0.15) is 24.8 Å². The maximum absolute atomic E-state index is 5.64. The van der Waals surface area contributed by atoms with Crippen molar-refractivity contribution in [1.29, 1.82) is 0 Å². The van der Waals surface area contributed by atoms with Crippen molar-refractivity contribution in [2.45, 2.75) is 18.9 Å². The van der Waals surface area contributed by atoms with E-state index in [4.69, 9.17) is 4.74 Å². The van der Waals surface area contributed by atoms with Crippen molar-refractivity contribution in [2.24, 2.45) is 0 Å². The SMILES string of the molecule is c1ccc(-c2ncc(-c3cnc(C4CCCO4)[nH]3)cn2)cc1. The minimum absolute atomic E-state index is 0.0956. The molecule has 2 aromatic heterocycles. The van der Waals surface area contributed by atoms with Crippen molar-refractivity contribution < 1.29 is 4.74 Å². The molecule has 5 nitrogen and oxygen atoms in total. The number of hydrogen-bond acceptors (Lipinski definition) is 4. The average molecular weight is 292 g/mol. The minimum atomic E-state index is 0.0956. The fraction of sp³-hybridized carbons (Fsp3) is 0.235. The first-order valence-corrected chi connectivity index (χ1v) is 7.44. The van der Waals surface area contributed by atoms with Crippen LogP contribution in [0.5, 0.6) is 0 Å². The molecular weight excluding hydrogens is 276 g/mol. The molecule has 1 aliphatic rings. The Kier molecular flexibility index (Phi) is 3.40. The molecule has 1 fully saturated rings. The number of aromatic amines is 1. The molecule has 3 aromatic rings. The molecule has 110 valence electrons. The van der Waals surface area contributed by atoms with Gasteiger partial charge in [0.2, 0.25) is 0 Å². The zero-order chi connectivity index (χ0) is 14.8. The summed E-state index contributed by atoms with van der Waals surface area (Å²) in [5, 5.41) is 0. The highest BCUT2D eigenvalue weighted by molar-refractivity contribution is 5.60. The normalized spacial score (nSPS) is 17.7. The van der Waals surface area contributed by atoms with Gasteiger partial charge in [-0.05, 0) is 12.8 Å². The molecule has 1 N–H and O–H groups in total. The first kappa shape index (κ1) is 13.2. The molecule has 0 amide bonds. The van der Waals surface area contributed by atoms with E-state index in [-0.39, 0.29) is 6.10 Å². The molecule has 0 radical (unpaired) electrons. The molecule has 4 rings (SSSR count). The van der Waals surface area contributed by atoms with Crippen LogP contribution in [0.25, 0.3) is 22.6 Å². The highest BCUT2D eigenvalue weighted by Crippen LogP contribution is 2.28. The highest BCUT2D eigenvalue weighted by atomic mass is 16.5. The molecule has 1 atom stereocenters.